The van der Waals surface area contributed by atoms with E-state index in [-0.39, 0.29) is 5.91 Å². The molecule has 0 radical (unpaired) electrons. The van der Waals surface area contributed by atoms with Crippen LogP contribution in [0.2, 0.25) is 5.02 Å². The highest BCUT2D eigenvalue weighted by Crippen LogP contribution is 2.22. The number of thiazole rings is 1. The number of ether oxygens (including phenoxy) is 1. The quantitative estimate of drug-likeness (QED) is 0.767. The minimum Gasteiger partial charge on any atom is -0.481 e. The zero-order chi connectivity index (χ0) is 16.4. The fourth-order valence-electron chi connectivity index (χ4n) is 2.17. The van der Waals surface area contributed by atoms with Crippen molar-refractivity contribution in [1.29, 1.82) is 0 Å². The zero-order valence-electron chi connectivity index (χ0n) is 12.7. The minimum absolute atomic E-state index is 0.185. The molecular formula is C16H16ClN3O2S. The van der Waals surface area contributed by atoms with Gasteiger partial charge in [-0.3, -0.25) is 9.20 Å². The third-order valence-corrected chi connectivity index (χ3v) is 4.40. The molecule has 0 saturated heterocycles. The number of aryl methyl sites for hydroxylation is 1. The summed E-state index contributed by atoms with van der Waals surface area (Å²) in [5, 5.41) is 5.45. The van der Waals surface area contributed by atoms with Gasteiger partial charge < -0.3 is 10.1 Å². The molecule has 23 heavy (non-hydrogen) atoms. The molecule has 0 aliphatic heterocycles. The second kappa shape index (κ2) is 6.60. The van der Waals surface area contributed by atoms with E-state index in [4.69, 9.17) is 16.3 Å². The van der Waals surface area contributed by atoms with Gasteiger partial charge in [-0.15, -0.1) is 11.3 Å². The van der Waals surface area contributed by atoms with Crippen LogP contribution in [0.4, 0.5) is 0 Å². The Balaban J connectivity index is 1.57. The molecule has 3 rings (SSSR count). The van der Waals surface area contributed by atoms with Gasteiger partial charge in [-0.05, 0) is 37.6 Å². The summed E-state index contributed by atoms with van der Waals surface area (Å²) >= 11 is 7.47. The molecule has 7 heteroatoms. The summed E-state index contributed by atoms with van der Waals surface area (Å²) in [5.74, 6) is 0.468. The maximum absolute atomic E-state index is 12.2. The molecule has 0 spiro atoms. The summed E-state index contributed by atoms with van der Waals surface area (Å²) in [6, 6.07) is 5.32. The molecule has 1 amide bonds. The van der Waals surface area contributed by atoms with Gasteiger partial charge in [0.15, 0.2) is 11.1 Å². The average Bonchev–Trinajstić information content (AvgIpc) is 3.08. The van der Waals surface area contributed by atoms with Crippen LogP contribution in [0.3, 0.4) is 0 Å². The highest BCUT2D eigenvalue weighted by molar-refractivity contribution is 7.15. The van der Waals surface area contributed by atoms with Crippen LogP contribution >= 0.6 is 22.9 Å². The summed E-state index contributed by atoms with van der Waals surface area (Å²) in [5.41, 5.74) is 1.71. The van der Waals surface area contributed by atoms with Crippen LogP contribution in [0.25, 0.3) is 4.96 Å². The number of imidazole rings is 1. The van der Waals surface area contributed by atoms with E-state index in [1.165, 1.54) is 0 Å². The molecule has 0 fully saturated rings. The van der Waals surface area contributed by atoms with Crippen molar-refractivity contribution in [3.05, 3.63) is 52.3 Å². The standard InChI is InChI=1S/C16H16ClN3O2S/c1-10-7-12(17)3-4-14(10)22-11(2)15(21)18-8-13-9-20-5-6-23-16(20)19-13/h3-7,9,11H,8H2,1-2H3,(H,18,21). The Labute approximate surface area is 142 Å². The number of nitrogens with one attached hydrogen (secondary N) is 1. The van der Waals surface area contributed by atoms with Gasteiger partial charge in [-0.1, -0.05) is 11.6 Å². The number of carbonyl (C=O) groups is 1. The van der Waals surface area contributed by atoms with E-state index in [2.05, 4.69) is 10.3 Å². The van der Waals surface area contributed by atoms with Crippen molar-refractivity contribution in [3.63, 3.8) is 0 Å². The number of halogens is 1. The molecule has 2 aromatic heterocycles. The maximum atomic E-state index is 12.2. The number of fused-ring (bicyclic) bond motifs is 1. The van der Waals surface area contributed by atoms with E-state index in [0.29, 0.717) is 17.3 Å². The highest BCUT2D eigenvalue weighted by Gasteiger charge is 2.16. The van der Waals surface area contributed by atoms with Crippen LogP contribution < -0.4 is 10.1 Å². The smallest absolute Gasteiger partial charge is 0.261 e. The third kappa shape index (κ3) is 3.65. The fourth-order valence-corrected chi connectivity index (χ4v) is 3.12. The van der Waals surface area contributed by atoms with Crippen molar-refractivity contribution in [1.82, 2.24) is 14.7 Å². The molecule has 1 N–H and O–H groups in total. The van der Waals surface area contributed by atoms with Crippen molar-refractivity contribution in [2.24, 2.45) is 0 Å². The van der Waals surface area contributed by atoms with Crippen LogP contribution in [0.5, 0.6) is 5.75 Å². The summed E-state index contributed by atoms with van der Waals surface area (Å²) < 4.78 is 7.63. The predicted octanol–water partition coefficient (Wildman–Crippen LogP) is 3.44. The monoisotopic (exact) mass is 349 g/mol. The minimum atomic E-state index is -0.599. The lowest BCUT2D eigenvalue weighted by Crippen LogP contribution is -2.36. The fraction of sp³-hybridized carbons (Fsp3) is 0.250. The zero-order valence-corrected chi connectivity index (χ0v) is 14.3. The first-order valence-corrected chi connectivity index (χ1v) is 8.40. The number of hydrogen-bond donors (Lipinski definition) is 1. The van der Waals surface area contributed by atoms with E-state index < -0.39 is 6.10 Å². The van der Waals surface area contributed by atoms with E-state index in [1.807, 2.05) is 29.1 Å². The Bertz CT molecular complexity index is 814. The molecule has 0 saturated carbocycles. The van der Waals surface area contributed by atoms with Crippen molar-refractivity contribution in [3.8, 4) is 5.75 Å². The van der Waals surface area contributed by atoms with Crippen molar-refractivity contribution < 1.29 is 9.53 Å². The Hall–Kier alpha value is -2.05. The van der Waals surface area contributed by atoms with Gasteiger partial charge in [0.2, 0.25) is 0 Å². The van der Waals surface area contributed by atoms with Gasteiger partial charge in [0, 0.05) is 22.8 Å². The van der Waals surface area contributed by atoms with E-state index in [0.717, 1.165) is 16.2 Å². The second-order valence-corrected chi connectivity index (χ2v) is 6.52. The van der Waals surface area contributed by atoms with Gasteiger partial charge in [0.25, 0.3) is 5.91 Å². The van der Waals surface area contributed by atoms with E-state index in [1.54, 1.807) is 36.5 Å². The number of benzene rings is 1. The first-order chi connectivity index (χ1) is 11.0. The lowest BCUT2D eigenvalue weighted by atomic mass is 10.2. The van der Waals surface area contributed by atoms with Gasteiger partial charge in [-0.2, -0.15) is 0 Å². The Kier molecular flexibility index (Phi) is 4.54. The van der Waals surface area contributed by atoms with Crippen molar-refractivity contribution in [2.45, 2.75) is 26.5 Å². The summed E-state index contributed by atoms with van der Waals surface area (Å²) in [7, 11) is 0. The molecule has 0 aliphatic carbocycles. The maximum Gasteiger partial charge on any atom is 0.261 e. The number of carbonyl (C=O) groups excluding carboxylic acids is 1. The predicted molar refractivity (Wildman–Crippen MR) is 91.2 cm³/mol. The van der Waals surface area contributed by atoms with Crippen molar-refractivity contribution in [2.75, 3.05) is 0 Å². The lowest BCUT2D eigenvalue weighted by molar-refractivity contribution is -0.127. The Morgan fingerprint density at radius 3 is 3.09 bits per heavy atom. The molecule has 3 aromatic rings. The topological polar surface area (TPSA) is 55.6 Å². The van der Waals surface area contributed by atoms with Crippen LogP contribution in [0.1, 0.15) is 18.2 Å². The molecule has 0 aliphatic rings. The summed E-state index contributed by atoms with van der Waals surface area (Å²) in [6.07, 6.45) is 3.24. The van der Waals surface area contributed by atoms with Crippen LogP contribution in [-0.2, 0) is 11.3 Å². The third-order valence-electron chi connectivity index (χ3n) is 3.40. The Morgan fingerprint density at radius 2 is 2.35 bits per heavy atom. The first kappa shape index (κ1) is 15.8. The molecule has 120 valence electrons. The SMILES string of the molecule is Cc1cc(Cl)ccc1OC(C)C(=O)NCc1cn2ccsc2n1. The normalized spacial score (nSPS) is 12.3. The van der Waals surface area contributed by atoms with Gasteiger partial charge in [-0.25, -0.2) is 4.98 Å². The summed E-state index contributed by atoms with van der Waals surface area (Å²) in [4.78, 5) is 17.5. The van der Waals surface area contributed by atoms with Crippen LogP contribution in [0.15, 0.2) is 36.0 Å². The van der Waals surface area contributed by atoms with Crippen LogP contribution in [0, 0.1) is 6.92 Å². The molecule has 0 bridgehead atoms. The number of hydrogen-bond acceptors (Lipinski definition) is 4. The highest BCUT2D eigenvalue weighted by atomic mass is 35.5. The molecule has 2 heterocycles. The average molecular weight is 350 g/mol. The van der Waals surface area contributed by atoms with Gasteiger partial charge in [0.1, 0.15) is 5.75 Å². The molecule has 1 aromatic carbocycles. The lowest BCUT2D eigenvalue weighted by Gasteiger charge is -2.16. The largest absolute Gasteiger partial charge is 0.481 e. The molecule has 1 unspecified atom stereocenters. The summed E-state index contributed by atoms with van der Waals surface area (Å²) in [6.45, 7) is 3.99. The molecule has 5 nitrogen and oxygen atoms in total. The molecule has 1 atom stereocenters. The van der Waals surface area contributed by atoms with Crippen LogP contribution in [-0.4, -0.2) is 21.4 Å². The Morgan fingerprint density at radius 1 is 1.52 bits per heavy atom. The number of amides is 1. The molecular weight excluding hydrogens is 334 g/mol. The van der Waals surface area contributed by atoms with Gasteiger partial charge >= 0.3 is 0 Å². The van der Waals surface area contributed by atoms with Crippen molar-refractivity contribution >= 4 is 33.8 Å². The number of nitrogens with zero attached hydrogens (tertiary/aromatic N) is 2. The van der Waals surface area contributed by atoms with E-state index in [9.17, 15) is 4.79 Å². The first-order valence-electron chi connectivity index (χ1n) is 7.14. The van der Waals surface area contributed by atoms with Gasteiger partial charge in [0.05, 0.1) is 12.2 Å². The second-order valence-electron chi connectivity index (χ2n) is 5.21. The van der Waals surface area contributed by atoms with E-state index >= 15 is 0 Å². The number of aromatic nitrogens is 2. The number of rotatable bonds is 5.